The number of halogens is 1. The molecule has 2 aromatic heterocycles. The van der Waals surface area contributed by atoms with Gasteiger partial charge in [0, 0.05) is 10.4 Å². The second kappa shape index (κ2) is 6.19. The normalized spacial score (nSPS) is 10.9. The maximum atomic E-state index is 12.3. The van der Waals surface area contributed by atoms with Gasteiger partial charge in [-0.05, 0) is 30.3 Å². The molecule has 0 aliphatic rings. The summed E-state index contributed by atoms with van der Waals surface area (Å²) in [5.41, 5.74) is 5.58. The third-order valence-electron chi connectivity index (χ3n) is 3.52. The molecule has 4 aromatic rings. The average molecular weight is 372 g/mol. The zero-order chi connectivity index (χ0) is 17.4. The highest BCUT2D eigenvalue weighted by atomic mass is 35.5. The minimum Gasteiger partial charge on any atom is -0.422 e. The number of hydrogen-bond donors (Lipinski definition) is 2. The molecule has 0 aliphatic heterocycles. The summed E-state index contributed by atoms with van der Waals surface area (Å²) in [6.45, 7) is 0. The molecule has 8 heteroatoms. The summed E-state index contributed by atoms with van der Waals surface area (Å²) in [6.07, 6.45) is 0. The van der Waals surface area contributed by atoms with Crippen LogP contribution in [-0.2, 0) is 0 Å². The van der Waals surface area contributed by atoms with Crippen molar-refractivity contribution in [1.82, 2.24) is 10.4 Å². The van der Waals surface area contributed by atoms with Crippen molar-refractivity contribution in [3.63, 3.8) is 0 Å². The van der Waals surface area contributed by atoms with Gasteiger partial charge < -0.3 is 4.42 Å². The fourth-order valence-electron chi connectivity index (χ4n) is 2.35. The quantitative estimate of drug-likeness (QED) is 0.422. The lowest BCUT2D eigenvalue weighted by molar-refractivity contribution is 0.0959. The Bertz CT molecular complexity index is 1170. The van der Waals surface area contributed by atoms with Crippen LogP contribution in [0.5, 0.6) is 0 Å². The van der Waals surface area contributed by atoms with Crippen LogP contribution < -0.4 is 16.5 Å². The highest BCUT2D eigenvalue weighted by Gasteiger charge is 2.14. The van der Waals surface area contributed by atoms with Crippen LogP contribution in [0, 0.1) is 0 Å². The average Bonchev–Trinajstić information content (AvgIpc) is 3.01. The number of thiazole rings is 1. The van der Waals surface area contributed by atoms with Crippen LogP contribution in [-0.4, -0.2) is 10.9 Å². The topological polar surface area (TPSA) is 84.2 Å². The molecule has 0 spiro atoms. The molecule has 2 heterocycles. The predicted octanol–water partition coefficient (Wildman–Crippen LogP) is 3.81. The molecular weight excluding hydrogens is 362 g/mol. The van der Waals surface area contributed by atoms with Gasteiger partial charge in [0.25, 0.3) is 5.91 Å². The predicted molar refractivity (Wildman–Crippen MR) is 98.2 cm³/mol. The Morgan fingerprint density at radius 3 is 2.88 bits per heavy atom. The summed E-state index contributed by atoms with van der Waals surface area (Å²) in [5.74, 6) is -0.600. The highest BCUT2D eigenvalue weighted by Crippen LogP contribution is 2.27. The summed E-state index contributed by atoms with van der Waals surface area (Å²) in [5, 5.41) is 1.76. The molecule has 0 aliphatic carbocycles. The highest BCUT2D eigenvalue weighted by molar-refractivity contribution is 7.22. The lowest BCUT2D eigenvalue weighted by Crippen LogP contribution is -2.32. The zero-order valence-corrected chi connectivity index (χ0v) is 14.1. The minimum atomic E-state index is -0.700. The van der Waals surface area contributed by atoms with Crippen molar-refractivity contribution < 1.29 is 9.21 Å². The van der Waals surface area contributed by atoms with E-state index in [0.717, 1.165) is 10.2 Å². The second-order valence-electron chi connectivity index (χ2n) is 5.20. The third-order valence-corrected chi connectivity index (χ3v) is 4.69. The van der Waals surface area contributed by atoms with Crippen LogP contribution >= 0.6 is 22.9 Å². The fraction of sp³-hybridized carbons (Fsp3) is 0. The first-order valence-electron chi connectivity index (χ1n) is 7.25. The van der Waals surface area contributed by atoms with Crippen molar-refractivity contribution >= 4 is 55.2 Å². The number of amides is 1. The van der Waals surface area contributed by atoms with Crippen molar-refractivity contribution in [2.24, 2.45) is 0 Å². The van der Waals surface area contributed by atoms with Crippen molar-refractivity contribution in [1.29, 1.82) is 0 Å². The van der Waals surface area contributed by atoms with Crippen LogP contribution in [0.3, 0.4) is 0 Å². The number of anilines is 1. The number of benzene rings is 2. The first kappa shape index (κ1) is 15.6. The van der Waals surface area contributed by atoms with Gasteiger partial charge in [-0.15, -0.1) is 0 Å². The molecule has 1 amide bonds. The lowest BCUT2D eigenvalue weighted by Gasteiger charge is -2.05. The van der Waals surface area contributed by atoms with Gasteiger partial charge in [0.15, 0.2) is 0 Å². The van der Waals surface area contributed by atoms with Crippen LogP contribution in [0.1, 0.15) is 10.4 Å². The molecule has 2 aromatic carbocycles. The summed E-state index contributed by atoms with van der Waals surface area (Å²) in [7, 11) is 0. The van der Waals surface area contributed by atoms with Gasteiger partial charge in [-0.1, -0.05) is 41.1 Å². The van der Waals surface area contributed by atoms with Crippen molar-refractivity contribution in [2.45, 2.75) is 0 Å². The van der Waals surface area contributed by atoms with Gasteiger partial charge in [-0.2, -0.15) is 0 Å². The molecule has 124 valence electrons. The van der Waals surface area contributed by atoms with Gasteiger partial charge in [0.2, 0.25) is 5.13 Å². The number of rotatable bonds is 3. The van der Waals surface area contributed by atoms with E-state index in [0.29, 0.717) is 21.1 Å². The first-order valence-corrected chi connectivity index (χ1v) is 8.45. The van der Waals surface area contributed by atoms with E-state index in [-0.39, 0.29) is 5.56 Å². The SMILES string of the molecule is O=C(NNc1nc2ccc(Cl)cc2s1)c1cc2ccccc2oc1=O. The third kappa shape index (κ3) is 3.07. The van der Waals surface area contributed by atoms with E-state index >= 15 is 0 Å². The van der Waals surface area contributed by atoms with Gasteiger partial charge in [-0.25, -0.2) is 9.78 Å². The number of nitrogens with one attached hydrogen (secondary N) is 2. The van der Waals surface area contributed by atoms with Crippen LogP contribution in [0.25, 0.3) is 21.2 Å². The van der Waals surface area contributed by atoms with Gasteiger partial charge >= 0.3 is 5.63 Å². The van der Waals surface area contributed by atoms with Crippen LogP contribution in [0.4, 0.5) is 5.13 Å². The van der Waals surface area contributed by atoms with Gasteiger partial charge in [0.05, 0.1) is 10.2 Å². The minimum absolute atomic E-state index is 0.0876. The number of hydrazine groups is 1. The lowest BCUT2D eigenvalue weighted by atomic mass is 10.2. The largest absolute Gasteiger partial charge is 0.422 e. The Hall–Kier alpha value is -2.90. The summed E-state index contributed by atoms with van der Waals surface area (Å²) in [4.78, 5) is 28.6. The van der Waals surface area contributed by atoms with Crippen LogP contribution in [0.15, 0.2) is 57.7 Å². The Balaban J connectivity index is 1.57. The fourth-order valence-corrected chi connectivity index (χ4v) is 3.45. The van der Waals surface area contributed by atoms with Crippen molar-refractivity contribution in [2.75, 3.05) is 5.43 Å². The number of para-hydroxylation sites is 1. The van der Waals surface area contributed by atoms with Crippen molar-refractivity contribution in [3.05, 3.63) is 69.5 Å². The van der Waals surface area contributed by atoms with Gasteiger partial charge in [0.1, 0.15) is 11.1 Å². The molecule has 0 fully saturated rings. The van der Waals surface area contributed by atoms with Crippen molar-refractivity contribution in [3.8, 4) is 0 Å². The van der Waals surface area contributed by atoms with Crippen LogP contribution in [0.2, 0.25) is 5.02 Å². The molecule has 0 bridgehead atoms. The summed E-state index contributed by atoms with van der Waals surface area (Å²) >= 11 is 7.28. The number of nitrogens with zero attached hydrogens (tertiary/aromatic N) is 1. The molecule has 6 nitrogen and oxygen atoms in total. The molecule has 0 saturated heterocycles. The molecule has 25 heavy (non-hydrogen) atoms. The van der Waals surface area contributed by atoms with E-state index in [1.54, 1.807) is 42.5 Å². The maximum absolute atomic E-state index is 12.3. The summed E-state index contributed by atoms with van der Waals surface area (Å²) in [6, 6.07) is 13.8. The van der Waals surface area contributed by atoms with E-state index in [1.165, 1.54) is 17.4 Å². The molecule has 4 rings (SSSR count). The Morgan fingerprint density at radius 2 is 2.00 bits per heavy atom. The number of carbonyl (C=O) groups excluding carboxylic acids is 1. The van der Waals surface area contributed by atoms with Gasteiger partial charge in [-0.3, -0.25) is 15.6 Å². The van der Waals surface area contributed by atoms with E-state index in [4.69, 9.17) is 16.0 Å². The number of carbonyl (C=O) groups is 1. The van der Waals surface area contributed by atoms with E-state index in [9.17, 15) is 9.59 Å². The second-order valence-corrected chi connectivity index (χ2v) is 6.66. The Morgan fingerprint density at radius 1 is 1.16 bits per heavy atom. The standard InChI is InChI=1S/C17H10ClN3O3S/c18-10-5-6-12-14(8-10)25-17(19-12)21-20-15(22)11-7-9-3-1-2-4-13(9)24-16(11)23/h1-8H,(H,19,21)(H,20,22). The smallest absolute Gasteiger partial charge is 0.349 e. The first-order chi connectivity index (χ1) is 12.1. The summed E-state index contributed by atoms with van der Waals surface area (Å²) < 4.78 is 6.04. The Labute approximate surface area is 150 Å². The molecule has 0 saturated carbocycles. The molecule has 0 radical (unpaired) electrons. The molecule has 2 N–H and O–H groups in total. The number of fused-ring (bicyclic) bond motifs is 2. The number of aromatic nitrogens is 1. The molecule has 0 unspecified atom stereocenters. The van der Waals surface area contributed by atoms with E-state index in [1.807, 2.05) is 0 Å². The zero-order valence-electron chi connectivity index (χ0n) is 12.6. The van der Waals surface area contributed by atoms with E-state index in [2.05, 4.69) is 15.8 Å². The Kier molecular flexibility index (Phi) is 3.87. The molecule has 0 atom stereocenters. The maximum Gasteiger partial charge on any atom is 0.349 e. The monoisotopic (exact) mass is 371 g/mol. The number of hydrogen-bond acceptors (Lipinski definition) is 6. The van der Waals surface area contributed by atoms with E-state index < -0.39 is 11.5 Å². The molecular formula is C17H10ClN3O3S.